The van der Waals surface area contributed by atoms with Gasteiger partial charge in [-0.3, -0.25) is 4.79 Å². The lowest BCUT2D eigenvalue weighted by Gasteiger charge is -2.22. The number of halogens is 2. The van der Waals surface area contributed by atoms with Crippen LogP contribution in [0.1, 0.15) is 26.7 Å². The van der Waals surface area contributed by atoms with E-state index in [1.165, 1.54) is 0 Å². The third kappa shape index (κ3) is 3.12. The number of amides is 1. The van der Waals surface area contributed by atoms with Crippen LogP contribution in [-0.4, -0.2) is 5.91 Å². The second-order valence-corrected chi connectivity index (χ2v) is 5.75. The summed E-state index contributed by atoms with van der Waals surface area (Å²) in [6.45, 7) is 3.70. The molecule has 0 unspecified atom stereocenters. The molecule has 0 heterocycles. The maximum Gasteiger partial charge on any atom is 0.244 e. The lowest BCUT2D eigenvalue weighted by Crippen LogP contribution is -2.34. The predicted molar refractivity (Wildman–Crippen MR) is 79.1 cm³/mol. The van der Waals surface area contributed by atoms with Crippen molar-refractivity contribution in [1.82, 2.24) is 0 Å². The highest BCUT2D eigenvalue weighted by molar-refractivity contribution is 9.11. The minimum atomic E-state index is -0.952. The number of nitrogens with one attached hydrogen (secondary N) is 1. The highest BCUT2D eigenvalue weighted by Gasteiger charge is 2.35. The number of nitriles is 1. The van der Waals surface area contributed by atoms with Gasteiger partial charge in [0, 0.05) is 8.95 Å². The summed E-state index contributed by atoms with van der Waals surface area (Å²) in [5.41, 5.74) is -0.281. The van der Waals surface area contributed by atoms with E-state index in [1.807, 2.05) is 26.0 Å². The van der Waals surface area contributed by atoms with Gasteiger partial charge in [0.2, 0.25) is 5.91 Å². The topological polar surface area (TPSA) is 52.9 Å². The average Bonchev–Trinajstić information content (AvgIpc) is 2.36. The summed E-state index contributed by atoms with van der Waals surface area (Å²) in [5.74, 6) is -0.252. The smallest absolute Gasteiger partial charge is 0.244 e. The van der Waals surface area contributed by atoms with Gasteiger partial charge in [-0.05, 0) is 47.0 Å². The van der Waals surface area contributed by atoms with Crippen molar-refractivity contribution in [2.24, 2.45) is 5.41 Å². The molecule has 0 atom stereocenters. The molecule has 0 aliphatic heterocycles. The van der Waals surface area contributed by atoms with Gasteiger partial charge in [0.1, 0.15) is 5.41 Å². The number of benzene rings is 1. The second kappa shape index (κ2) is 6.35. The number of hydrogen-bond acceptors (Lipinski definition) is 2. The summed E-state index contributed by atoms with van der Waals surface area (Å²) in [4.78, 5) is 12.2. The lowest BCUT2D eigenvalue weighted by molar-refractivity contribution is -0.123. The number of carbonyl (C=O) groups excluding carboxylic acids is 1. The largest absolute Gasteiger partial charge is 0.324 e. The normalized spacial score (nSPS) is 10.8. The zero-order chi connectivity index (χ0) is 13.8. The van der Waals surface area contributed by atoms with Crippen molar-refractivity contribution in [2.45, 2.75) is 26.7 Å². The van der Waals surface area contributed by atoms with Crippen molar-refractivity contribution in [3.05, 3.63) is 27.1 Å². The predicted octanol–water partition coefficient (Wildman–Crippen LogP) is 4.48. The summed E-state index contributed by atoms with van der Waals surface area (Å²) < 4.78 is 1.70. The fourth-order valence-corrected chi connectivity index (χ4v) is 2.76. The van der Waals surface area contributed by atoms with Crippen LogP contribution in [0.2, 0.25) is 0 Å². The van der Waals surface area contributed by atoms with E-state index >= 15 is 0 Å². The van der Waals surface area contributed by atoms with Crippen LogP contribution in [0.4, 0.5) is 5.69 Å². The van der Waals surface area contributed by atoms with Gasteiger partial charge >= 0.3 is 0 Å². The van der Waals surface area contributed by atoms with Crippen molar-refractivity contribution in [1.29, 1.82) is 5.26 Å². The lowest BCUT2D eigenvalue weighted by atomic mass is 9.83. The van der Waals surface area contributed by atoms with Crippen LogP contribution in [0.3, 0.4) is 0 Å². The molecule has 0 saturated carbocycles. The first kappa shape index (κ1) is 15.2. The summed E-state index contributed by atoms with van der Waals surface area (Å²) in [6.07, 6.45) is 1.000. The molecule has 0 spiro atoms. The number of anilines is 1. The third-order valence-corrected chi connectivity index (χ3v) is 4.18. The molecular weight excluding hydrogens is 360 g/mol. The van der Waals surface area contributed by atoms with Crippen molar-refractivity contribution in [2.75, 3.05) is 5.32 Å². The molecule has 1 aromatic rings. The van der Waals surface area contributed by atoms with Crippen LogP contribution >= 0.6 is 31.9 Å². The molecule has 1 rings (SSSR count). The molecule has 1 aromatic carbocycles. The van der Waals surface area contributed by atoms with Crippen LogP contribution in [0.5, 0.6) is 0 Å². The molecule has 0 bridgehead atoms. The maximum absolute atomic E-state index is 12.2. The Kier molecular flexibility index (Phi) is 5.36. The third-order valence-electron chi connectivity index (χ3n) is 3.04. The van der Waals surface area contributed by atoms with E-state index < -0.39 is 5.41 Å². The van der Waals surface area contributed by atoms with E-state index in [4.69, 9.17) is 0 Å². The molecule has 1 N–H and O–H groups in total. The molecule has 18 heavy (non-hydrogen) atoms. The van der Waals surface area contributed by atoms with Gasteiger partial charge in [-0.15, -0.1) is 0 Å². The Morgan fingerprint density at radius 2 is 2.00 bits per heavy atom. The van der Waals surface area contributed by atoms with E-state index in [0.29, 0.717) is 18.5 Å². The van der Waals surface area contributed by atoms with Gasteiger partial charge in [0.15, 0.2) is 0 Å². The van der Waals surface area contributed by atoms with Crippen molar-refractivity contribution >= 4 is 43.5 Å². The molecule has 0 fully saturated rings. The Morgan fingerprint density at radius 3 is 2.44 bits per heavy atom. The summed E-state index contributed by atoms with van der Waals surface area (Å²) in [6, 6.07) is 7.61. The van der Waals surface area contributed by atoms with E-state index in [1.54, 1.807) is 6.07 Å². The van der Waals surface area contributed by atoms with Crippen LogP contribution < -0.4 is 5.32 Å². The number of rotatable bonds is 4. The van der Waals surface area contributed by atoms with E-state index in [0.717, 1.165) is 8.95 Å². The molecule has 96 valence electrons. The second-order valence-electron chi connectivity index (χ2n) is 3.98. The Bertz CT molecular complexity index is 490. The molecule has 5 heteroatoms. The highest BCUT2D eigenvalue weighted by Crippen LogP contribution is 2.31. The average molecular weight is 374 g/mol. The Labute approximate surface area is 124 Å². The molecule has 0 aliphatic rings. The standard InChI is InChI=1S/C13H14Br2N2O/c1-3-13(4-2,8-16)12(18)17-11-6-5-9(14)7-10(11)15/h5-7H,3-4H2,1-2H3,(H,17,18). The summed E-state index contributed by atoms with van der Waals surface area (Å²) >= 11 is 6.73. The SMILES string of the molecule is CCC(C#N)(CC)C(=O)Nc1ccc(Br)cc1Br. The van der Waals surface area contributed by atoms with E-state index in [-0.39, 0.29) is 5.91 Å². The van der Waals surface area contributed by atoms with Crippen LogP contribution in [0, 0.1) is 16.7 Å². The highest BCUT2D eigenvalue weighted by atomic mass is 79.9. The first-order valence-electron chi connectivity index (χ1n) is 5.67. The van der Waals surface area contributed by atoms with Crippen molar-refractivity contribution in [3.8, 4) is 6.07 Å². The molecule has 0 aromatic heterocycles. The minimum Gasteiger partial charge on any atom is -0.324 e. The van der Waals surface area contributed by atoms with Crippen LogP contribution in [0.15, 0.2) is 27.1 Å². The number of nitrogens with zero attached hydrogens (tertiary/aromatic N) is 1. The zero-order valence-electron chi connectivity index (χ0n) is 10.3. The molecule has 0 saturated heterocycles. The fourth-order valence-electron chi connectivity index (χ4n) is 1.61. The Balaban J connectivity index is 2.97. The Hall–Kier alpha value is -0.860. The van der Waals surface area contributed by atoms with Crippen molar-refractivity contribution < 1.29 is 4.79 Å². The molecular formula is C13H14Br2N2O. The summed E-state index contributed by atoms with van der Waals surface area (Å²) in [5, 5.41) is 12.0. The molecule has 1 amide bonds. The van der Waals surface area contributed by atoms with Gasteiger partial charge in [-0.25, -0.2) is 0 Å². The van der Waals surface area contributed by atoms with Crippen LogP contribution in [0.25, 0.3) is 0 Å². The van der Waals surface area contributed by atoms with E-state index in [2.05, 4.69) is 43.2 Å². The first-order chi connectivity index (χ1) is 8.49. The van der Waals surface area contributed by atoms with E-state index in [9.17, 15) is 10.1 Å². The first-order valence-corrected chi connectivity index (χ1v) is 7.25. The fraction of sp³-hybridized carbons (Fsp3) is 0.385. The van der Waals surface area contributed by atoms with Gasteiger partial charge in [-0.1, -0.05) is 29.8 Å². The molecule has 0 radical (unpaired) electrons. The summed E-state index contributed by atoms with van der Waals surface area (Å²) in [7, 11) is 0. The molecule has 3 nitrogen and oxygen atoms in total. The van der Waals surface area contributed by atoms with Gasteiger partial charge < -0.3 is 5.32 Å². The Morgan fingerprint density at radius 1 is 1.39 bits per heavy atom. The number of hydrogen-bond donors (Lipinski definition) is 1. The van der Waals surface area contributed by atoms with Crippen LogP contribution in [-0.2, 0) is 4.79 Å². The zero-order valence-corrected chi connectivity index (χ0v) is 13.4. The van der Waals surface area contributed by atoms with Crippen molar-refractivity contribution in [3.63, 3.8) is 0 Å². The molecule has 0 aliphatic carbocycles. The van der Waals surface area contributed by atoms with Gasteiger partial charge in [-0.2, -0.15) is 5.26 Å². The minimum absolute atomic E-state index is 0.252. The number of carbonyl (C=O) groups is 1. The monoisotopic (exact) mass is 372 g/mol. The van der Waals surface area contributed by atoms with Gasteiger partial charge in [0.05, 0.1) is 11.8 Å². The quantitative estimate of drug-likeness (QED) is 0.845. The van der Waals surface area contributed by atoms with Gasteiger partial charge in [0.25, 0.3) is 0 Å². The maximum atomic E-state index is 12.2.